The third-order valence-corrected chi connectivity index (χ3v) is 2.98. The largest absolute Gasteiger partial charge is 0.340 e. The summed E-state index contributed by atoms with van der Waals surface area (Å²) in [6.45, 7) is 4.17. The van der Waals surface area contributed by atoms with Crippen molar-refractivity contribution in [3.63, 3.8) is 0 Å². The molecule has 0 aliphatic rings. The van der Waals surface area contributed by atoms with E-state index in [2.05, 4.69) is 28.0 Å². The molecule has 0 fully saturated rings. The van der Waals surface area contributed by atoms with E-state index in [4.69, 9.17) is 0 Å². The van der Waals surface area contributed by atoms with Gasteiger partial charge < -0.3 is 4.90 Å². The van der Waals surface area contributed by atoms with Crippen LogP contribution in [0.1, 0.15) is 12.6 Å². The molecule has 0 aromatic carbocycles. The van der Waals surface area contributed by atoms with E-state index in [0.29, 0.717) is 6.04 Å². The Kier molecular flexibility index (Phi) is 4.20. The molecule has 1 unspecified atom stereocenters. The summed E-state index contributed by atoms with van der Waals surface area (Å²) >= 11 is 1.84. The zero-order valence-electron chi connectivity index (χ0n) is 9.19. The van der Waals surface area contributed by atoms with Gasteiger partial charge in [0.1, 0.15) is 0 Å². The number of nitrogens with zero attached hydrogens (tertiary/aromatic N) is 3. The Hall–Kier alpha value is -0.770. The van der Waals surface area contributed by atoms with Crippen LogP contribution in [-0.4, -0.2) is 35.1 Å². The summed E-state index contributed by atoms with van der Waals surface area (Å²) in [6, 6.07) is 2.38. The number of hydrogen-bond donors (Lipinski definition) is 0. The van der Waals surface area contributed by atoms with Crippen LogP contribution in [0.2, 0.25) is 0 Å². The SMILES string of the molecule is CSCC(C)N(C)c1nccc(C)n1. The molecule has 14 heavy (non-hydrogen) atoms. The van der Waals surface area contributed by atoms with Crippen molar-refractivity contribution in [2.75, 3.05) is 24.0 Å². The van der Waals surface area contributed by atoms with Crippen molar-refractivity contribution in [2.24, 2.45) is 0 Å². The Morgan fingerprint density at radius 1 is 1.57 bits per heavy atom. The number of thioether (sulfide) groups is 1. The van der Waals surface area contributed by atoms with Gasteiger partial charge >= 0.3 is 0 Å². The first-order valence-corrected chi connectivity index (χ1v) is 6.06. The smallest absolute Gasteiger partial charge is 0.225 e. The normalized spacial score (nSPS) is 12.6. The first-order chi connectivity index (χ1) is 6.65. The Morgan fingerprint density at radius 3 is 2.86 bits per heavy atom. The van der Waals surface area contributed by atoms with Crippen molar-refractivity contribution in [3.05, 3.63) is 18.0 Å². The fraction of sp³-hybridized carbons (Fsp3) is 0.600. The van der Waals surface area contributed by atoms with E-state index < -0.39 is 0 Å². The highest BCUT2D eigenvalue weighted by atomic mass is 32.2. The molecule has 0 amide bonds. The number of hydrogen-bond acceptors (Lipinski definition) is 4. The molecule has 1 aromatic heterocycles. The van der Waals surface area contributed by atoms with Gasteiger partial charge in [0.2, 0.25) is 5.95 Å². The molecule has 0 bridgehead atoms. The van der Waals surface area contributed by atoms with Gasteiger partial charge in [-0.25, -0.2) is 9.97 Å². The first kappa shape index (κ1) is 11.3. The summed E-state index contributed by atoms with van der Waals surface area (Å²) < 4.78 is 0. The van der Waals surface area contributed by atoms with Crippen LogP contribution < -0.4 is 4.90 Å². The highest BCUT2D eigenvalue weighted by molar-refractivity contribution is 7.98. The summed E-state index contributed by atoms with van der Waals surface area (Å²) in [7, 11) is 2.04. The molecule has 0 saturated heterocycles. The number of aryl methyl sites for hydroxylation is 1. The molecule has 1 rings (SSSR count). The summed E-state index contributed by atoms with van der Waals surface area (Å²) in [5, 5.41) is 0. The van der Waals surface area contributed by atoms with E-state index >= 15 is 0 Å². The number of anilines is 1. The summed E-state index contributed by atoms with van der Waals surface area (Å²) in [5.74, 6) is 1.90. The Balaban J connectivity index is 2.73. The zero-order chi connectivity index (χ0) is 10.6. The lowest BCUT2D eigenvalue weighted by Gasteiger charge is -2.24. The van der Waals surface area contributed by atoms with Crippen LogP contribution in [0.4, 0.5) is 5.95 Å². The number of rotatable bonds is 4. The van der Waals surface area contributed by atoms with Crippen LogP contribution in [0.15, 0.2) is 12.3 Å². The fourth-order valence-corrected chi connectivity index (χ4v) is 1.86. The molecule has 0 radical (unpaired) electrons. The molecule has 0 saturated carbocycles. The average molecular weight is 211 g/mol. The van der Waals surface area contributed by atoms with Gasteiger partial charge in [0.05, 0.1) is 0 Å². The van der Waals surface area contributed by atoms with Crippen molar-refractivity contribution < 1.29 is 0 Å². The molecule has 0 N–H and O–H groups in total. The summed E-state index contributed by atoms with van der Waals surface area (Å²) in [4.78, 5) is 10.7. The molecule has 0 spiro atoms. The van der Waals surface area contributed by atoms with Crippen LogP contribution in [0, 0.1) is 6.92 Å². The lowest BCUT2D eigenvalue weighted by atomic mass is 10.3. The van der Waals surface area contributed by atoms with E-state index in [0.717, 1.165) is 17.4 Å². The molecule has 4 heteroatoms. The van der Waals surface area contributed by atoms with Crippen molar-refractivity contribution >= 4 is 17.7 Å². The van der Waals surface area contributed by atoms with E-state index in [1.807, 2.05) is 31.8 Å². The van der Waals surface area contributed by atoms with E-state index in [9.17, 15) is 0 Å². The third kappa shape index (κ3) is 2.87. The maximum Gasteiger partial charge on any atom is 0.225 e. The zero-order valence-corrected chi connectivity index (χ0v) is 10.0. The van der Waals surface area contributed by atoms with Crippen LogP contribution in [0.3, 0.4) is 0 Å². The highest BCUT2D eigenvalue weighted by Crippen LogP contribution is 2.11. The minimum atomic E-state index is 0.465. The quantitative estimate of drug-likeness (QED) is 0.761. The van der Waals surface area contributed by atoms with Crippen molar-refractivity contribution in [1.29, 1.82) is 0 Å². The molecule has 3 nitrogen and oxygen atoms in total. The maximum atomic E-state index is 4.38. The van der Waals surface area contributed by atoms with Crippen molar-refractivity contribution in [2.45, 2.75) is 19.9 Å². The van der Waals surface area contributed by atoms with Crippen molar-refractivity contribution in [1.82, 2.24) is 9.97 Å². The standard InChI is InChI=1S/C10H17N3S/c1-8-5-6-11-10(12-8)13(3)9(2)7-14-4/h5-6,9H,7H2,1-4H3. The van der Waals surface area contributed by atoms with E-state index in [-0.39, 0.29) is 0 Å². The van der Waals surface area contributed by atoms with Gasteiger partial charge in [0, 0.05) is 30.7 Å². The number of aromatic nitrogens is 2. The highest BCUT2D eigenvalue weighted by Gasteiger charge is 2.11. The maximum absolute atomic E-state index is 4.38. The average Bonchev–Trinajstić information content (AvgIpc) is 2.17. The molecular weight excluding hydrogens is 194 g/mol. The molecule has 0 aliphatic carbocycles. The molecule has 0 aliphatic heterocycles. The Bertz CT molecular complexity index is 290. The molecule has 1 atom stereocenters. The Morgan fingerprint density at radius 2 is 2.29 bits per heavy atom. The first-order valence-electron chi connectivity index (χ1n) is 4.66. The van der Waals surface area contributed by atoms with E-state index in [1.165, 1.54) is 0 Å². The van der Waals surface area contributed by atoms with Crippen molar-refractivity contribution in [3.8, 4) is 0 Å². The lowest BCUT2D eigenvalue weighted by molar-refractivity contribution is 0.736. The lowest BCUT2D eigenvalue weighted by Crippen LogP contribution is -2.32. The molecular formula is C10H17N3S. The third-order valence-electron chi connectivity index (χ3n) is 2.17. The van der Waals surface area contributed by atoms with E-state index in [1.54, 1.807) is 6.20 Å². The van der Waals surface area contributed by atoms with Gasteiger partial charge in [0.15, 0.2) is 0 Å². The van der Waals surface area contributed by atoms with Gasteiger partial charge in [-0.05, 0) is 26.2 Å². The van der Waals surface area contributed by atoms with Gasteiger partial charge in [0.25, 0.3) is 0 Å². The molecule has 1 heterocycles. The van der Waals surface area contributed by atoms with Crippen LogP contribution in [0.5, 0.6) is 0 Å². The summed E-state index contributed by atoms with van der Waals surface area (Å²) in [6.07, 6.45) is 3.92. The topological polar surface area (TPSA) is 29.0 Å². The fourth-order valence-electron chi connectivity index (χ4n) is 1.16. The second-order valence-corrected chi connectivity index (χ2v) is 4.32. The molecule has 78 valence electrons. The second-order valence-electron chi connectivity index (χ2n) is 3.41. The van der Waals surface area contributed by atoms with Gasteiger partial charge in [-0.15, -0.1) is 0 Å². The van der Waals surface area contributed by atoms with Gasteiger partial charge in [-0.1, -0.05) is 0 Å². The van der Waals surface area contributed by atoms with Gasteiger partial charge in [-0.3, -0.25) is 0 Å². The predicted molar refractivity (Wildman–Crippen MR) is 63.0 cm³/mol. The monoisotopic (exact) mass is 211 g/mol. The minimum Gasteiger partial charge on any atom is -0.340 e. The minimum absolute atomic E-state index is 0.465. The second kappa shape index (κ2) is 5.20. The predicted octanol–water partition coefficient (Wildman–Crippen LogP) is 1.97. The molecule has 1 aromatic rings. The van der Waals surface area contributed by atoms with Gasteiger partial charge in [-0.2, -0.15) is 11.8 Å². The Labute approximate surface area is 89.9 Å². The van der Waals surface area contributed by atoms with Crippen LogP contribution in [0.25, 0.3) is 0 Å². The summed E-state index contributed by atoms with van der Waals surface area (Å²) in [5.41, 5.74) is 1.01. The van der Waals surface area contributed by atoms with Crippen LogP contribution >= 0.6 is 11.8 Å². The van der Waals surface area contributed by atoms with Crippen LogP contribution in [-0.2, 0) is 0 Å².